The molecule has 2 aliphatic heterocycles. The van der Waals surface area contributed by atoms with Gasteiger partial charge >= 0.3 is 0 Å². The highest BCUT2D eigenvalue weighted by Gasteiger charge is 2.47. The van der Waals surface area contributed by atoms with E-state index in [0.29, 0.717) is 29.8 Å². The van der Waals surface area contributed by atoms with Crippen LogP contribution in [0.2, 0.25) is 0 Å². The number of anilines is 1. The Morgan fingerprint density at radius 2 is 1.62 bits per heavy atom. The quantitative estimate of drug-likeness (QED) is 0.657. The smallest absolute Gasteiger partial charge is 0.260 e. The van der Waals surface area contributed by atoms with Crippen molar-refractivity contribution < 1.29 is 14.4 Å². The average molecular weight is 426 g/mol. The van der Waals surface area contributed by atoms with E-state index in [1.807, 2.05) is 36.4 Å². The molecule has 0 saturated carbocycles. The number of hydrogen-bond acceptors (Lipinski definition) is 4. The number of rotatable bonds is 6. The molecule has 2 aliphatic rings. The first-order valence-electron chi connectivity index (χ1n) is 10.6. The van der Waals surface area contributed by atoms with Crippen molar-refractivity contribution in [2.24, 2.45) is 0 Å². The first kappa shape index (κ1) is 19.9. The van der Waals surface area contributed by atoms with Gasteiger partial charge in [0.1, 0.15) is 6.17 Å². The molecule has 7 heteroatoms. The third kappa shape index (κ3) is 3.41. The summed E-state index contributed by atoms with van der Waals surface area (Å²) in [5.74, 6) is -0.428. The molecule has 3 amide bonds. The normalized spacial score (nSPS) is 16.4. The van der Waals surface area contributed by atoms with Gasteiger partial charge in [-0.05, 0) is 42.3 Å². The van der Waals surface area contributed by atoms with Gasteiger partial charge in [-0.1, -0.05) is 30.3 Å². The number of amides is 3. The highest BCUT2D eigenvalue weighted by Crippen LogP contribution is 2.45. The number of para-hydroxylation sites is 1. The summed E-state index contributed by atoms with van der Waals surface area (Å²) in [6.45, 7) is 0.730. The molecule has 0 aliphatic carbocycles. The standard InChI is InChI=1S/C25H22N4O3/c30-22(27-15-11-17-9-13-26-14-10-17)12-16-28-23-18-5-1-2-6-19(18)25(32)29(23)21-8-4-3-7-20(21)24(28)31/h1-10,13-14,23H,11-12,15-16H2,(H,27,30). The molecule has 5 rings (SSSR count). The number of hydrogen-bond donors (Lipinski definition) is 1. The van der Waals surface area contributed by atoms with Crippen molar-refractivity contribution in [2.45, 2.75) is 19.0 Å². The van der Waals surface area contributed by atoms with Crippen LogP contribution in [0.5, 0.6) is 0 Å². The van der Waals surface area contributed by atoms with Crippen LogP contribution in [0.4, 0.5) is 5.69 Å². The Bertz CT molecular complexity index is 1190. The lowest BCUT2D eigenvalue weighted by Gasteiger charge is -2.40. The van der Waals surface area contributed by atoms with E-state index in [0.717, 1.165) is 11.1 Å². The number of nitrogens with zero attached hydrogens (tertiary/aromatic N) is 3. The molecule has 2 aromatic carbocycles. The molecule has 32 heavy (non-hydrogen) atoms. The van der Waals surface area contributed by atoms with Crippen molar-refractivity contribution in [3.05, 3.63) is 95.3 Å². The summed E-state index contributed by atoms with van der Waals surface area (Å²) in [4.78, 5) is 46.3. The highest BCUT2D eigenvalue weighted by atomic mass is 16.2. The molecular formula is C25H22N4O3. The van der Waals surface area contributed by atoms with Gasteiger partial charge in [-0.2, -0.15) is 0 Å². The topological polar surface area (TPSA) is 82.6 Å². The van der Waals surface area contributed by atoms with E-state index in [-0.39, 0.29) is 30.7 Å². The van der Waals surface area contributed by atoms with Gasteiger partial charge in [-0.15, -0.1) is 0 Å². The maximum atomic E-state index is 13.3. The number of carbonyl (C=O) groups excluding carboxylic acids is 3. The summed E-state index contributed by atoms with van der Waals surface area (Å²) >= 11 is 0. The fraction of sp³-hybridized carbons (Fsp3) is 0.200. The number of pyridine rings is 1. The lowest BCUT2D eigenvalue weighted by molar-refractivity contribution is -0.121. The lowest BCUT2D eigenvalue weighted by atomic mass is 10.0. The van der Waals surface area contributed by atoms with Crippen molar-refractivity contribution in [1.82, 2.24) is 15.2 Å². The van der Waals surface area contributed by atoms with E-state index >= 15 is 0 Å². The molecule has 0 fully saturated rings. The third-order valence-electron chi connectivity index (χ3n) is 5.95. The van der Waals surface area contributed by atoms with Crippen molar-refractivity contribution in [1.29, 1.82) is 0 Å². The molecule has 0 radical (unpaired) electrons. The molecular weight excluding hydrogens is 404 g/mol. The third-order valence-corrected chi connectivity index (χ3v) is 5.95. The van der Waals surface area contributed by atoms with Gasteiger partial charge in [0, 0.05) is 43.0 Å². The predicted octanol–water partition coefficient (Wildman–Crippen LogP) is 2.95. The highest BCUT2D eigenvalue weighted by molar-refractivity contribution is 6.16. The summed E-state index contributed by atoms with van der Waals surface area (Å²) in [6.07, 6.45) is 3.78. The molecule has 160 valence electrons. The fourth-order valence-electron chi connectivity index (χ4n) is 4.41. The summed E-state index contributed by atoms with van der Waals surface area (Å²) in [6, 6.07) is 18.3. The molecule has 3 aromatic rings. The first-order chi connectivity index (χ1) is 15.6. The van der Waals surface area contributed by atoms with Gasteiger partial charge in [0.05, 0.1) is 11.3 Å². The van der Waals surface area contributed by atoms with E-state index in [2.05, 4.69) is 10.3 Å². The molecule has 0 spiro atoms. The lowest BCUT2D eigenvalue weighted by Crippen LogP contribution is -2.49. The van der Waals surface area contributed by atoms with Crippen molar-refractivity contribution in [3.63, 3.8) is 0 Å². The Labute approximate surface area is 185 Å². The zero-order valence-corrected chi connectivity index (χ0v) is 17.4. The van der Waals surface area contributed by atoms with Crippen LogP contribution in [0, 0.1) is 0 Å². The van der Waals surface area contributed by atoms with Gasteiger partial charge in [0.15, 0.2) is 0 Å². The minimum atomic E-state index is -0.536. The van der Waals surface area contributed by atoms with Crippen LogP contribution in [-0.2, 0) is 11.2 Å². The fourth-order valence-corrected chi connectivity index (χ4v) is 4.41. The summed E-state index contributed by atoms with van der Waals surface area (Å²) in [7, 11) is 0. The maximum Gasteiger partial charge on any atom is 0.260 e. The van der Waals surface area contributed by atoms with E-state index < -0.39 is 6.17 Å². The van der Waals surface area contributed by atoms with E-state index in [9.17, 15) is 14.4 Å². The average Bonchev–Trinajstić information content (AvgIpc) is 3.12. The minimum Gasteiger partial charge on any atom is -0.356 e. The van der Waals surface area contributed by atoms with Gasteiger partial charge in [-0.3, -0.25) is 24.3 Å². The molecule has 0 bridgehead atoms. The van der Waals surface area contributed by atoms with E-state index in [4.69, 9.17) is 0 Å². The Morgan fingerprint density at radius 3 is 2.44 bits per heavy atom. The van der Waals surface area contributed by atoms with Gasteiger partial charge in [-0.25, -0.2) is 0 Å². The number of fused-ring (bicyclic) bond motifs is 5. The number of carbonyl (C=O) groups is 3. The minimum absolute atomic E-state index is 0.127. The monoisotopic (exact) mass is 426 g/mol. The van der Waals surface area contributed by atoms with Crippen LogP contribution in [0.15, 0.2) is 73.1 Å². The van der Waals surface area contributed by atoms with Crippen molar-refractivity contribution >= 4 is 23.4 Å². The molecule has 1 unspecified atom stereocenters. The molecule has 3 heterocycles. The summed E-state index contributed by atoms with van der Waals surface area (Å²) in [5, 5.41) is 2.91. The van der Waals surface area contributed by atoms with E-state index in [1.165, 1.54) is 0 Å². The Balaban J connectivity index is 1.33. The summed E-state index contributed by atoms with van der Waals surface area (Å²) < 4.78 is 0. The molecule has 1 N–H and O–H groups in total. The summed E-state index contributed by atoms with van der Waals surface area (Å²) in [5.41, 5.74) is 3.57. The maximum absolute atomic E-state index is 13.3. The number of benzene rings is 2. The van der Waals surface area contributed by atoms with E-state index in [1.54, 1.807) is 46.5 Å². The van der Waals surface area contributed by atoms with Crippen LogP contribution in [0.25, 0.3) is 0 Å². The molecule has 0 saturated heterocycles. The molecule has 1 aromatic heterocycles. The first-order valence-corrected chi connectivity index (χ1v) is 10.6. The Hall–Kier alpha value is -4.00. The number of nitrogens with one attached hydrogen (secondary N) is 1. The van der Waals surface area contributed by atoms with Gasteiger partial charge in [0.25, 0.3) is 11.8 Å². The molecule has 7 nitrogen and oxygen atoms in total. The van der Waals surface area contributed by atoms with Crippen LogP contribution in [0.1, 0.15) is 44.4 Å². The largest absolute Gasteiger partial charge is 0.356 e. The second-order valence-electron chi connectivity index (χ2n) is 7.86. The number of aromatic nitrogens is 1. The van der Waals surface area contributed by atoms with Crippen molar-refractivity contribution in [3.8, 4) is 0 Å². The predicted molar refractivity (Wildman–Crippen MR) is 119 cm³/mol. The zero-order valence-electron chi connectivity index (χ0n) is 17.4. The Morgan fingerprint density at radius 1 is 0.906 bits per heavy atom. The van der Waals surface area contributed by atoms with Crippen LogP contribution < -0.4 is 10.2 Å². The SMILES string of the molecule is O=C(CCN1C(=O)c2ccccc2N2C(=O)c3ccccc3C12)NCCc1ccncc1. The Kier molecular flexibility index (Phi) is 5.15. The zero-order chi connectivity index (χ0) is 22.1. The second kappa shape index (κ2) is 8.26. The second-order valence-corrected chi connectivity index (χ2v) is 7.86. The van der Waals surface area contributed by atoms with Crippen LogP contribution >= 0.6 is 0 Å². The van der Waals surface area contributed by atoms with Gasteiger partial charge in [0.2, 0.25) is 5.91 Å². The van der Waals surface area contributed by atoms with Gasteiger partial charge < -0.3 is 10.2 Å². The van der Waals surface area contributed by atoms with Crippen molar-refractivity contribution in [2.75, 3.05) is 18.0 Å². The van der Waals surface area contributed by atoms with Crippen LogP contribution in [-0.4, -0.2) is 40.7 Å². The molecule has 1 atom stereocenters. The van der Waals surface area contributed by atoms with Crippen LogP contribution in [0.3, 0.4) is 0 Å².